The largest absolute Gasteiger partial charge is 0.497 e. The van der Waals surface area contributed by atoms with Crippen LogP contribution in [-0.4, -0.2) is 36.2 Å². The number of carbonyl (C=O) groups is 1. The molecule has 1 saturated carbocycles. The molecule has 2 aliphatic rings. The first-order valence-corrected chi connectivity index (χ1v) is 13.5. The standard InChI is InChI=1S/C32H36FNO4/c1-32(12-13-32)29(19-31(35)36)23-6-5-7-26(17-23)38-21-22-8-10-27(24(16-22)20-34-14-3-4-15-34)28-18-25(37-2)9-11-30(28)33/h5-11,16-18,29H,3-4,12-15,19-21H2,1-2H3,(H,35,36)/t29-/m1/s1. The van der Waals surface area contributed by atoms with Crippen molar-refractivity contribution in [3.05, 3.63) is 83.2 Å². The fraction of sp³-hybridized carbons (Fsp3) is 0.406. The van der Waals surface area contributed by atoms with E-state index in [-0.39, 0.29) is 23.6 Å². The molecule has 2 fully saturated rings. The molecule has 0 bridgehead atoms. The second kappa shape index (κ2) is 11.2. The van der Waals surface area contributed by atoms with Crippen LogP contribution in [0.2, 0.25) is 0 Å². The van der Waals surface area contributed by atoms with Gasteiger partial charge in [-0.15, -0.1) is 0 Å². The lowest BCUT2D eigenvalue weighted by molar-refractivity contribution is -0.137. The zero-order valence-corrected chi connectivity index (χ0v) is 22.2. The third-order valence-corrected chi connectivity index (χ3v) is 8.15. The maximum absolute atomic E-state index is 14.9. The molecule has 0 amide bonds. The van der Waals surface area contributed by atoms with Crippen molar-refractivity contribution in [3.63, 3.8) is 0 Å². The van der Waals surface area contributed by atoms with Gasteiger partial charge in [0, 0.05) is 12.1 Å². The minimum Gasteiger partial charge on any atom is -0.497 e. The van der Waals surface area contributed by atoms with Gasteiger partial charge in [-0.1, -0.05) is 37.3 Å². The number of nitrogens with zero attached hydrogens (tertiary/aromatic N) is 1. The van der Waals surface area contributed by atoms with E-state index in [1.165, 1.54) is 18.9 Å². The lowest BCUT2D eigenvalue weighted by Crippen LogP contribution is -2.19. The topological polar surface area (TPSA) is 59.0 Å². The van der Waals surface area contributed by atoms with Crippen molar-refractivity contribution in [1.29, 1.82) is 0 Å². The summed E-state index contributed by atoms with van der Waals surface area (Å²) in [5.41, 5.74) is 4.55. The highest BCUT2D eigenvalue weighted by molar-refractivity contribution is 5.70. The molecular formula is C32H36FNO4. The van der Waals surface area contributed by atoms with Crippen LogP contribution in [0.4, 0.5) is 4.39 Å². The second-order valence-corrected chi connectivity index (χ2v) is 11.0. The quantitative estimate of drug-likeness (QED) is 0.296. The van der Waals surface area contributed by atoms with Crippen LogP contribution < -0.4 is 9.47 Å². The van der Waals surface area contributed by atoms with E-state index < -0.39 is 5.97 Å². The summed E-state index contributed by atoms with van der Waals surface area (Å²) in [4.78, 5) is 13.9. The van der Waals surface area contributed by atoms with Crippen molar-refractivity contribution >= 4 is 5.97 Å². The van der Waals surface area contributed by atoms with Crippen molar-refractivity contribution in [2.45, 2.75) is 58.1 Å². The number of aliphatic carboxylic acids is 1. The lowest BCUT2D eigenvalue weighted by Gasteiger charge is -2.23. The van der Waals surface area contributed by atoms with E-state index in [9.17, 15) is 14.3 Å². The van der Waals surface area contributed by atoms with Crippen LogP contribution in [0, 0.1) is 11.2 Å². The van der Waals surface area contributed by atoms with Crippen LogP contribution in [0.3, 0.4) is 0 Å². The highest BCUT2D eigenvalue weighted by atomic mass is 19.1. The Kier molecular flexibility index (Phi) is 7.70. The lowest BCUT2D eigenvalue weighted by atomic mass is 9.82. The number of methoxy groups -OCH3 is 1. The Morgan fingerprint density at radius 2 is 1.82 bits per heavy atom. The number of halogens is 1. The molecule has 0 unspecified atom stereocenters. The van der Waals surface area contributed by atoms with Crippen molar-refractivity contribution in [3.8, 4) is 22.6 Å². The molecule has 3 aromatic rings. The van der Waals surface area contributed by atoms with Gasteiger partial charge in [-0.3, -0.25) is 9.69 Å². The molecule has 6 heteroatoms. The van der Waals surface area contributed by atoms with Gasteiger partial charge in [-0.2, -0.15) is 0 Å². The summed E-state index contributed by atoms with van der Waals surface area (Å²) >= 11 is 0. The van der Waals surface area contributed by atoms with E-state index in [2.05, 4.69) is 17.9 Å². The number of carboxylic acid groups (broad SMARTS) is 1. The summed E-state index contributed by atoms with van der Waals surface area (Å²) < 4.78 is 26.5. The van der Waals surface area contributed by atoms with Gasteiger partial charge in [0.05, 0.1) is 13.5 Å². The molecule has 1 aliphatic heterocycles. The summed E-state index contributed by atoms with van der Waals surface area (Å²) in [6.07, 6.45) is 4.60. The number of rotatable bonds is 11. The Bertz CT molecular complexity index is 1300. The van der Waals surface area contributed by atoms with Crippen LogP contribution in [0.1, 0.15) is 61.6 Å². The van der Waals surface area contributed by atoms with Gasteiger partial charge in [0.25, 0.3) is 0 Å². The molecule has 1 N–H and O–H groups in total. The number of ether oxygens (including phenoxy) is 2. The number of hydrogen-bond donors (Lipinski definition) is 1. The van der Waals surface area contributed by atoms with Gasteiger partial charge in [-0.05, 0) is 103 Å². The van der Waals surface area contributed by atoms with E-state index in [1.807, 2.05) is 36.4 Å². The molecule has 1 heterocycles. The van der Waals surface area contributed by atoms with Crippen LogP contribution in [0.25, 0.3) is 11.1 Å². The average Bonchev–Trinajstić information content (AvgIpc) is 3.45. The normalized spacial score (nSPS) is 17.2. The summed E-state index contributed by atoms with van der Waals surface area (Å²) in [6.45, 7) is 5.39. The third kappa shape index (κ3) is 6.02. The van der Waals surface area contributed by atoms with Crippen LogP contribution in [-0.2, 0) is 17.9 Å². The smallest absolute Gasteiger partial charge is 0.303 e. The fourth-order valence-electron chi connectivity index (χ4n) is 5.62. The van der Waals surface area contributed by atoms with Crippen LogP contribution in [0.15, 0.2) is 60.7 Å². The Balaban J connectivity index is 1.38. The SMILES string of the molecule is COc1ccc(F)c(-c2ccc(COc3cccc([C@@H](CC(=O)O)C4(C)CC4)c3)cc2CN2CCCC2)c1. The first-order chi connectivity index (χ1) is 18.3. The first kappa shape index (κ1) is 26.2. The average molecular weight is 518 g/mol. The maximum Gasteiger partial charge on any atom is 0.303 e. The van der Waals surface area contributed by atoms with Crippen LogP contribution >= 0.6 is 0 Å². The maximum atomic E-state index is 14.9. The Hall–Kier alpha value is -3.38. The van der Waals surface area contributed by atoms with Gasteiger partial charge < -0.3 is 14.6 Å². The third-order valence-electron chi connectivity index (χ3n) is 8.15. The summed E-state index contributed by atoms with van der Waals surface area (Å²) in [7, 11) is 1.59. The van der Waals surface area contributed by atoms with Crippen LogP contribution in [0.5, 0.6) is 11.5 Å². The van der Waals surface area contributed by atoms with E-state index in [4.69, 9.17) is 9.47 Å². The van der Waals surface area contributed by atoms with Gasteiger partial charge in [-0.25, -0.2) is 4.39 Å². The second-order valence-electron chi connectivity index (χ2n) is 11.0. The van der Waals surface area contributed by atoms with Crippen molar-refractivity contribution in [2.75, 3.05) is 20.2 Å². The van der Waals surface area contributed by atoms with Gasteiger partial charge in [0.1, 0.15) is 23.9 Å². The Labute approximate surface area is 224 Å². The molecular weight excluding hydrogens is 481 g/mol. The molecule has 0 aromatic heterocycles. The highest BCUT2D eigenvalue weighted by Gasteiger charge is 2.46. The van der Waals surface area contributed by atoms with Gasteiger partial charge in [0.2, 0.25) is 0 Å². The zero-order valence-electron chi connectivity index (χ0n) is 22.2. The van der Waals surface area contributed by atoms with Crippen molar-refractivity contribution in [2.24, 2.45) is 5.41 Å². The predicted octanol–water partition coefficient (Wildman–Crippen LogP) is 7.03. The molecule has 0 spiro atoms. The number of benzene rings is 3. The van der Waals surface area contributed by atoms with E-state index in [0.29, 0.717) is 17.9 Å². The van der Waals surface area contributed by atoms with Gasteiger partial charge >= 0.3 is 5.97 Å². The summed E-state index contributed by atoms with van der Waals surface area (Å²) in [5.74, 6) is 0.294. The molecule has 5 rings (SSSR count). The van der Waals surface area contributed by atoms with Crippen molar-refractivity contribution in [1.82, 2.24) is 4.90 Å². The Morgan fingerprint density at radius 1 is 1.03 bits per heavy atom. The minimum absolute atomic E-state index is 0.0207. The van der Waals surface area contributed by atoms with E-state index >= 15 is 0 Å². The minimum atomic E-state index is -0.771. The number of carboxylic acids is 1. The predicted molar refractivity (Wildman–Crippen MR) is 146 cm³/mol. The molecule has 1 atom stereocenters. The number of hydrogen-bond acceptors (Lipinski definition) is 4. The van der Waals surface area contributed by atoms with E-state index in [0.717, 1.165) is 60.5 Å². The monoisotopic (exact) mass is 517 g/mol. The molecule has 5 nitrogen and oxygen atoms in total. The van der Waals surface area contributed by atoms with Crippen molar-refractivity contribution < 1.29 is 23.8 Å². The molecule has 1 saturated heterocycles. The highest BCUT2D eigenvalue weighted by Crippen LogP contribution is 2.57. The Morgan fingerprint density at radius 3 is 2.53 bits per heavy atom. The zero-order chi connectivity index (χ0) is 26.7. The molecule has 38 heavy (non-hydrogen) atoms. The molecule has 200 valence electrons. The fourth-order valence-corrected chi connectivity index (χ4v) is 5.62. The molecule has 0 radical (unpaired) electrons. The summed E-state index contributed by atoms with van der Waals surface area (Å²) in [5, 5.41) is 9.47. The van der Waals surface area contributed by atoms with E-state index in [1.54, 1.807) is 19.2 Å². The molecule has 1 aliphatic carbocycles. The number of likely N-dealkylation sites (tertiary alicyclic amines) is 1. The molecule has 3 aromatic carbocycles. The van der Waals surface area contributed by atoms with Gasteiger partial charge in [0.15, 0.2) is 0 Å². The summed E-state index contributed by atoms with van der Waals surface area (Å²) in [6, 6.07) is 18.8. The first-order valence-electron chi connectivity index (χ1n) is 13.5.